The molecule has 16 heavy (non-hydrogen) atoms. The number of H-pyrrole nitrogens is 1. The fraction of sp³-hybridized carbons (Fsp3) is 0.400. The van der Waals surface area contributed by atoms with Gasteiger partial charge in [-0.05, 0) is 28.4 Å². The summed E-state index contributed by atoms with van der Waals surface area (Å²) in [7, 11) is 0. The Labute approximate surface area is 102 Å². The Balaban J connectivity index is 2.27. The Morgan fingerprint density at radius 1 is 1.50 bits per heavy atom. The van der Waals surface area contributed by atoms with E-state index in [0.717, 1.165) is 22.8 Å². The summed E-state index contributed by atoms with van der Waals surface area (Å²) in [5.41, 5.74) is 6.49. The van der Waals surface area contributed by atoms with Crippen LogP contribution in [0.2, 0.25) is 0 Å². The molecule has 0 aliphatic heterocycles. The van der Waals surface area contributed by atoms with Crippen molar-refractivity contribution in [3.05, 3.63) is 10.7 Å². The van der Waals surface area contributed by atoms with E-state index in [9.17, 15) is 0 Å². The van der Waals surface area contributed by atoms with Crippen LogP contribution in [0.3, 0.4) is 0 Å². The zero-order valence-corrected chi connectivity index (χ0v) is 10.5. The third-order valence-corrected chi connectivity index (χ3v) is 2.62. The Hall–Kier alpha value is -1.30. The summed E-state index contributed by atoms with van der Waals surface area (Å²) >= 11 is 3.33. The second kappa shape index (κ2) is 4.69. The van der Waals surface area contributed by atoms with E-state index in [4.69, 9.17) is 10.5 Å². The first-order valence-electron chi connectivity index (χ1n) is 5.15. The van der Waals surface area contributed by atoms with Crippen LogP contribution in [0.25, 0.3) is 11.0 Å². The summed E-state index contributed by atoms with van der Waals surface area (Å²) in [4.78, 5) is 11.4. The van der Waals surface area contributed by atoms with Crippen molar-refractivity contribution >= 4 is 32.8 Å². The Kier molecular flexibility index (Phi) is 3.28. The summed E-state index contributed by atoms with van der Waals surface area (Å²) in [6.07, 6.45) is 2.06. The van der Waals surface area contributed by atoms with E-state index in [2.05, 4.69) is 37.8 Å². The summed E-state index contributed by atoms with van der Waals surface area (Å²) in [5.74, 6) is 0.429. The molecule has 0 saturated heterocycles. The maximum Gasteiger partial charge on any atom is 0.320 e. The molecule has 3 N–H and O–H groups in total. The highest BCUT2D eigenvalue weighted by atomic mass is 79.9. The van der Waals surface area contributed by atoms with Crippen LogP contribution in [0, 0.1) is 0 Å². The average molecular weight is 285 g/mol. The topological polar surface area (TPSA) is 76.8 Å². The molecule has 2 rings (SSSR count). The molecule has 0 bridgehead atoms. The lowest BCUT2D eigenvalue weighted by Gasteiger charge is -2.03. The highest BCUT2D eigenvalue weighted by Crippen LogP contribution is 2.23. The number of halogens is 1. The van der Waals surface area contributed by atoms with Gasteiger partial charge >= 0.3 is 6.01 Å². The molecular formula is C10H13BrN4O. The molecule has 2 aromatic rings. The molecule has 0 unspecified atom stereocenters. The minimum atomic E-state index is 0.327. The van der Waals surface area contributed by atoms with Gasteiger partial charge in [0.25, 0.3) is 0 Å². The molecule has 0 amide bonds. The Morgan fingerprint density at radius 2 is 2.31 bits per heavy atom. The molecular weight excluding hydrogens is 272 g/mol. The van der Waals surface area contributed by atoms with Gasteiger partial charge in [0.05, 0.1) is 16.6 Å². The van der Waals surface area contributed by atoms with E-state index in [1.165, 1.54) is 0 Å². The second-order valence-corrected chi connectivity index (χ2v) is 4.33. The number of nitrogens with zero attached hydrogens (tertiary/aromatic N) is 2. The van der Waals surface area contributed by atoms with Gasteiger partial charge in [-0.2, -0.15) is 9.97 Å². The number of unbranched alkanes of at least 4 members (excludes halogenated alkanes) is 1. The van der Waals surface area contributed by atoms with Crippen LogP contribution in [-0.4, -0.2) is 21.6 Å². The molecule has 0 radical (unpaired) electrons. The highest BCUT2D eigenvalue weighted by Gasteiger charge is 2.08. The number of nitrogens with one attached hydrogen (secondary N) is 1. The number of hydrogen-bond acceptors (Lipinski definition) is 4. The van der Waals surface area contributed by atoms with Gasteiger partial charge in [0.15, 0.2) is 0 Å². The zero-order valence-electron chi connectivity index (χ0n) is 8.96. The average Bonchev–Trinajstić information content (AvgIpc) is 2.60. The largest absolute Gasteiger partial charge is 0.463 e. The van der Waals surface area contributed by atoms with Gasteiger partial charge in [0.1, 0.15) is 11.5 Å². The summed E-state index contributed by atoms with van der Waals surface area (Å²) in [6.45, 7) is 2.72. The molecule has 0 saturated carbocycles. The maximum absolute atomic E-state index is 5.80. The van der Waals surface area contributed by atoms with E-state index in [1.807, 2.05) is 6.07 Å². The Morgan fingerprint density at radius 3 is 3.06 bits per heavy atom. The van der Waals surface area contributed by atoms with E-state index < -0.39 is 0 Å². The van der Waals surface area contributed by atoms with Crippen molar-refractivity contribution in [2.45, 2.75) is 19.8 Å². The zero-order chi connectivity index (χ0) is 11.5. The second-order valence-electron chi connectivity index (χ2n) is 3.47. The number of anilines is 1. The molecule has 86 valence electrons. The first-order chi connectivity index (χ1) is 7.70. The van der Waals surface area contributed by atoms with Gasteiger partial charge in [-0.3, -0.25) is 0 Å². The quantitative estimate of drug-likeness (QED) is 0.846. The molecule has 0 aliphatic carbocycles. The molecule has 0 spiro atoms. The summed E-state index contributed by atoms with van der Waals surface area (Å²) < 4.78 is 6.24. The van der Waals surface area contributed by atoms with Crippen molar-refractivity contribution in [3.8, 4) is 6.01 Å². The lowest BCUT2D eigenvalue weighted by Crippen LogP contribution is -2.03. The van der Waals surface area contributed by atoms with Gasteiger partial charge in [0, 0.05) is 0 Å². The number of aromatic amines is 1. The number of ether oxygens (including phenoxy) is 1. The van der Waals surface area contributed by atoms with Crippen LogP contribution >= 0.6 is 15.9 Å². The van der Waals surface area contributed by atoms with Crippen LogP contribution in [0.15, 0.2) is 10.7 Å². The van der Waals surface area contributed by atoms with Crippen molar-refractivity contribution in [1.29, 1.82) is 0 Å². The number of nitrogen functional groups attached to an aromatic ring is 1. The van der Waals surface area contributed by atoms with Gasteiger partial charge in [-0.15, -0.1) is 0 Å². The summed E-state index contributed by atoms with van der Waals surface area (Å²) in [5, 5.41) is 0.801. The van der Waals surface area contributed by atoms with Crippen molar-refractivity contribution in [2.75, 3.05) is 12.3 Å². The number of aromatic nitrogens is 3. The lowest BCUT2D eigenvalue weighted by molar-refractivity contribution is 0.287. The number of rotatable bonds is 4. The minimum Gasteiger partial charge on any atom is -0.463 e. The molecule has 2 aromatic heterocycles. The number of hydrogen-bond donors (Lipinski definition) is 2. The van der Waals surface area contributed by atoms with Gasteiger partial charge in [0.2, 0.25) is 0 Å². The van der Waals surface area contributed by atoms with E-state index in [-0.39, 0.29) is 0 Å². The van der Waals surface area contributed by atoms with Crippen molar-refractivity contribution in [2.24, 2.45) is 0 Å². The monoisotopic (exact) mass is 284 g/mol. The predicted octanol–water partition coefficient (Wildman–Crippen LogP) is 2.48. The number of fused-ring (bicyclic) bond motifs is 1. The van der Waals surface area contributed by atoms with E-state index in [0.29, 0.717) is 24.1 Å². The summed E-state index contributed by atoms with van der Waals surface area (Å²) in [6, 6.07) is 2.17. The van der Waals surface area contributed by atoms with Crippen molar-refractivity contribution in [1.82, 2.24) is 15.0 Å². The first-order valence-corrected chi connectivity index (χ1v) is 5.94. The third-order valence-electron chi connectivity index (χ3n) is 2.19. The highest BCUT2D eigenvalue weighted by molar-refractivity contribution is 9.10. The molecule has 0 aromatic carbocycles. The van der Waals surface area contributed by atoms with Crippen LogP contribution in [0.4, 0.5) is 5.82 Å². The SMILES string of the molecule is CCCCOc1nc(N)c2cc(Br)[nH]c2n1. The van der Waals surface area contributed by atoms with E-state index >= 15 is 0 Å². The molecule has 0 aliphatic rings. The maximum atomic E-state index is 5.80. The molecule has 2 heterocycles. The smallest absolute Gasteiger partial charge is 0.320 e. The fourth-order valence-electron chi connectivity index (χ4n) is 1.35. The van der Waals surface area contributed by atoms with Crippen LogP contribution in [-0.2, 0) is 0 Å². The molecule has 6 heteroatoms. The van der Waals surface area contributed by atoms with Crippen molar-refractivity contribution < 1.29 is 4.74 Å². The normalized spacial score (nSPS) is 10.9. The minimum absolute atomic E-state index is 0.327. The fourth-order valence-corrected chi connectivity index (χ4v) is 1.77. The van der Waals surface area contributed by atoms with Crippen LogP contribution < -0.4 is 10.5 Å². The molecule has 0 atom stereocenters. The standard InChI is InChI=1S/C10H13BrN4O/c1-2-3-4-16-10-14-8(12)6-5-7(11)13-9(6)15-10/h5H,2-4H2,1H3,(H3,12,13,14,15). The van der Waals surface area contributed by atoms with Crippen LogP contribution in [0.5, 0.6) is 6.01 Å². The van der Waals surface area contributed by atoms with Crippen LogP contribution in [0.1, 0.15) is 19.8 Å². The van der Waals surface area contributed by atoms with Gasteiger partial charge in [-0.1, -0.05) is 13.3 Å². The molecule has 5 nitrogen and oxygen atoms in total. The van der Waals surface area contributed by atoms with E-state index in [1.54, 1.807) is 0 Å². The van der Waals surface area contributed by atoms with Gasteiger partial charge in [-0.25, -0.2) is 0 Å². The third kappa shape index (κ3) is 2.27. The van der Waals surface area contributed by atoms with Crippen molar-refractivity contribution in [3.63, 3.8) is 0 Å². The lowest BCUT2D eigenvalue weighted by atomic mass is 10.4. The molecule has 0 fully saturated rings. The first kappa shape index (κ1) is 11.2. The number of nitrogens with two attached hydrogens (primary N) is 1. The van der Waals surface area contributed by atoms with Gasteiger partial charge < -0.3 is 15.5 Å². The predicted molar refractivity (Wildman–Crippen MR) is 66.4 cm³/mol. The Bertz CT molecular complexity index is 497.